The summed E-state index contributed by atoms with van der Waals surface area (Å²) in [5.41, 5.74) is 1.40. The van der Waals surface area contributed by atoms with E-state index in [1.807, 2.05) is 18.2 Å². The zero-order valence-electron chi connectivity index (χ0n) is 11.3. The first-order valence-electron chi connectivity index (χ1n) is 6.20. The van der Waals surface area contributed by atoms with Gasteiger partial charge in [0, 0.05) is 16.6 Å². The van der Waals surface area contributed by atoms with Crippen LogP contribution in [0.4, 0.5) is 14.5 Å². The Bertz CT molecular complexity index is 608. The van der Waals surface area contributed by atoms with Gasteiger partial charge in [-0.25, -0.2) is 0 Å². The fraction of sp³-hybridized carbons (Fsp3) is 0.200. The van der Waals surface area contributed by atoms with E-state index >= 15 is 0 Å². The number of nitrogens with one attached hydrogen (secondary N) is 1. The molecule has 1 N–H and O–H groups in total. The molecule has 0 saturated heterocycles. The Hall–Kier alpha value is -1.82. The Balaban J connectivity index is 2.15. The summed E-state index contributed by atoms with van der Waals surface area (Å²) >= 11 is 3.38. The van der Waals surface area contributed by atoms with Crippen LogP contribution in [-0.4, -0.2) is 13.7 Å². The number of anilines is 1. The molecule has 0 aliphatic carbocycles. The van der Waals surface area contributed by atoms with Crippen molar-refractivity contribution in [2.24, 2.45) is 0 Å². The first-order valence-corrected chi connectivity index (χ1v) is 6.99. The maximum atomic E-state index is 12.4. The summed E-state index contributed by atoms with van der Waals surface area (Å²) in [4.78, 5) is 0. The van der Waals surface area contributed by atoms with Crippen molar-refractivity contribution in [3.05, 3.63) is 52.5 Å². The maximum Gasteiger partial charge on any atom is 0.387 e. The largest absolute Gasteiger partial charge is 0.495 e. The first-order chi connectivity index (χ1) is 10.1. The highest BCUT2D eigenvalue weighted by atomic mass is 79.9. The average Bonchev–Trinajstić information content (AvgIpc) is 2.46. The van der Waals surface area contributed by atoms with Crippen LogP contribution in [-0.2, 0) is 6.54 Å². The molecule has 0 unspecified atom stereocenters. The minimum Gasteiger partial charge on any atom is -0.495 e. The third-order valence-corrected chi connectivity index (χ3v) is 3.31. The number of methoxy groups -OCH3 is 1. The van der Waals surface area contributed by atoms with Crippen LogP contribution in [0, 0.1) is 0 Å². The quantitative estimate of drug-likeness (QED) is 0.814. The Morgan fingerprint density at radius 1 is 1.14 bits per heavy atom. The van der Waals surface area contributed by atoms with Crippen LogP contribution in [0.25, 0.3) is 0 Å². The van der Waals surface area contributed by atoms with Crippen LogP contribution in [0.1, 0.15) is 5.56 Å². The standard InChI is InChI=1S/C15H14BrF2NO2/c1-20-14-7-6-11(16)8-12(14)19-9-10-4-2-3-5-13(10)21-15(17)18/h2-8,15,19H,9H2,1H3. The highest BCUT2D eigenvalue weighted by Gasteiger charge is 2.10. The second kappa shape index (κ2) is 7.26. The predicted octanol–water partition coefficient (Wildman–Crippen LogP) is 4.67. The summed E-state index contributed by atoms with van der Waals surface area (Å²) in [7, 11) is 1.57. The van der Waals surface area contributed by atoms with E-state index in [0.717, 1.165) is 10.2 Å². The summed E-state index contributed by atoms with van der Waals surface area (Å²) in [6, 6.07) is 12.2. The highest BCUT2D eigenvalue weighted by Crippen LogP contribution is 2.29. The molecule has 0 aliphatic heterocycles. The molecule has 112 valence electrons. The smallest absolute Gasteiger partial charge is 0.387 e. The summed E-state index contributed by atoms with van der Waals surface area (Å²) < 4.78 is 35.4. The molecule has 0 saturated carbocycles. The maximum absolute atomic E-state index is 12.4. The lowest BCUT2D eigenvalue weighted by molar-refractivity contribution is -0.0504. The molecule has 0 atom stereocenters. The van der Waals surface area contributed by atoms with Crippen LogP contribution in [0.3, 0.4) is 0 Å². The van der Waals surface area contributed by atoms with Gasteiger partial charge < -0.3 is 14.8 Å². The molecule has 0 radical (unpaired) electrons. The molecule has 0 spiro atoms. The Kier molecular flexibility index (Phi) is 5.38. The number of ether oxygens (including phenoxy) is 2. The van der Waals surface area contributed by atoms with Crippen molar-refractivity contribution in [3.8, 4) is 11.5 Å². The van der Waals surface area contributed by atoms with Crippen molar-refractivity contribution >= 4 is 21.6 Å². The van der Waals surface area contributed by atoms with Gasteiger partial charge in [-0.15, -0.1) is 0 Å². The minimum atomic E-state index is -2.84. The highest BCUT2D eigenvalue weighted by molar-refractivity contribution is 9.10. The lowest BCUT2D eigenvalue weighted by Crippen LogP contribution is -2.07. The fourth-order valence-corrected chi connectivity index (χ4v) is 2.23. The lowest BCUT2D eigenvalue weighted by atomic mass is 10.2. The van der Waals surface area contributed by atoms with Gasteiger partial charge in [0.05, 0.1) is 12.8 Å². The van der Waals surface area contributed by atoms with E-state index in [0.29, 0.717) is 17.9 Å². The molecule has 0 amide bonds. The van der Waals surface area contributed by atoms with Gasteiger partial charge in [0.15, 0.2) is 0 Å². The Labute approximate surface area is 130 Å². The van der Waals surface area contributed by atoms with Crippen LogP contribution in [0.5, 0.6) is 11.5 Å². The molecule has 21 heavy (non-hydrogen) atoms. The third-order valence-electron chi connectivity index (χ3n) is 2.82. The number of hydrogen-bond donors (Lipinski definition) is 1. The van der Waals surface area contributed by atoms with Crippen molar-refractivity contribution in [2.75, 3.05) is 12.4 Å². The van der Waals surface area contributed by atoms with Gasteiger partial charge in [0.2, 0.25) is 0 Å². The van der Waals surface area contributed by atoms with E-state index < -0.39 is 6.61 Å². The van der Waals surface area contributed by atoms with E-state index in [4.69, 9.17) is 4.74 Å². The number of hydrogen-bond acceptors (Lipinski definition) is 3. The average molecular weight is 358 g/mol. The molecule has 0 bridgehead atoms. The van der Waals surface area contributed by atoms with E-state index in [9.17, 15) is 8.78 Å². The van der Waals surface area contributed by atoms with Gasteiger partial charge in [-0.1, -0.05) is 34.1 Å². The van der Waals surface area contributed by atoms with E-state index in [-0.39, 0.29) is 5.75 Å². The molecule has 3 nitrogen and oxygen atoms in total. The number of rotatable bonds is 6. The van der Waals surface area contributed by atoms with Gasteiger partial charge in [-0.3, -0.25) is 0 Å². The Morgan fingerprint density at radius 2 is 1.90 bits per heavy atom. The predicted molar refractivity (Wildman–Crippen MR) is 81.1 cm³/mol. The van der Waals surface area contributed by atoms with E-state index in [1.54, 1.807) is 25.3 Å². The minimum absolute atomic E-state index is 0.161. The van der Waals surface area contributed by atoms with Gasteiger partial charge >= 0.3 is 6.61 Å². The van der Waals surface area contributed by atoms with Crippen LogP contribution in [0.15, 0.2) is 46.9 Å². The van der Waals surface area contributed by atoms with Crippen molar-refractivity contribution < 1.29 is 18.3 Å². The first kappa shape index (κ1) is 15.6. The molecule has 0 fully saturated rings. The SMILES string of the molecule is COc1ccc(Br)cc1NCc1ccccc1OC(F)F. The topological polar surface area (TPSA) is 30.5 Å². The molecular formula is C15H14BrF2NO2. The molecule has 6 heteroatoms. The van der Waals surface area contributed by atoms with Crippen molar-refractivity contribution in [1.29, 1.82) is 0 Å². The third kappa shape index (κ3) is 4.32. The fourth-order valence-electron chi connectivity index (χ4n) is 1.87. The number of benzene rings is 2. The summed E-state index contributed by atoms with van der Waals surface area (Å²) in [6.07, 6.45) is 0. The summed E-state index contributed by atoms with van der Waals surface area (Å²) in [5.74, 6) is 0.833. The molecule has 0 aromatic heterocycles. The van der Waals surface area contributed by atoms with Gasteiger partial charge in [0.1, 0.15) is 11.5 Å². The van der Waals surface area contributed by atoms with Crippen molar-refractivity contribution in [3.63, 3.8) is 0 Å². The zero-order valence-corrected chi connectivity index (χ0v) is 12.9. The zero-order chi connectivity index (χ0) is 15.2. The van der Waals surface area contributed by atoms with Crippen molar-refractivity contribution in [1.82, 2.24) is 0 Å². The number of halogens is 3. The normalized spacial score (nSPS) is 10.5. The van der Waals surface area contributed by atoms with E-state index in [1.165, 1.54) is 6.07 Å². The molecule has 2 aromatic carbocycles. The number of para-hydroxylation sites is 1. The monoisotopic (exact) mass is 357 g/mol. The van der Waals surface area contributed by atoms with Gasteiger partial charge in [-0.2, -0.15) is 8.78 Å². The van der Waals surface area contributed by atoms with E-state index in [2.05, 4.69) is 26.0 Å². The van der Waals surface area contributed by atoms with Crippen LogP contribution < -0.4 is 14.8 Å². The second-order valence-corrected chi connectivity index (χ2v) is 5.10. The van der Waals surface area contributed by atoms with Crippen molar-refractivity contribution in [2.45, 2.75) is 13.2 Å². The summed E-state index contributed by atoms with van der Waals surface area (Å²) in [5, 5.41) is 3.16. The van der Waals surface area contributed by atoms with Gasteiger partial charge in [0.25, 0.3) is 0 Å². The van der Waals surface area contributed by atoms with Gasteiger partial charge in [-0.05, 0) is 24.3 Å². The molecule has 2 aromatic rings. The molecule has 0 heterocycles. The molecule has 2 rings (SSSR count). The second-order valence-electron chi connectivity index (χ2n) is 4.18. The van der Waals surface area contributed by atoms with Crippen LogP contribution >= 0.6 is 15.9 Å². The molecular weight excluding hydrogens is 344 g/mol. The van der Waals surface area contributed by atoms with Crippen LogP contribution in [0.2, 0.25) is 0 Å². The Morgan fingerprint density at radius 3 is 2.62 bits per heavy atom. The molecule has 0 aliphatic rings. The number of alkyl halides is 2. The summed E-state index contributed by atoms with van der Waals surface area (Å²) in [6.45, 7) is -2.50. The lowest BCUT2D eigenvalue weighted by Gasteiger charge is -2.14.